The minimum absolute atomic E-state index is 0.00229. The van der Waals surface area contributed by atoms with E-state index < -0.39 is 0 Å². The Morgan fingerprint density at radius 2 is 2.12 bits per heavy atom. The molecule has 1 rings (SSSR count). The molecule has 0 aliphatic heterocycles. The summed E-state index contributed by atoms with van der Waals surface area (Å²) >= 11 is 5.52. The van der Waals surface area contributed by atoms with Crippen molar-refractivity contribution in [2.75, 3.05) is 5.88 Å². The van der Waals surface area contributed by atoms with E-state index in [1.807, 2.05) is 6.92 Å². The van der Waals surface area contributed by atoms with Gasteiger partial charge >= 0.3 is 0 Å². The molecule has 88 valence electrons. The van der Waals surface area contributed by atoms with Crippen molar-refractivity contribution in [2.45, 2.75) is 33.2 Å². The van der Waals surface area contributed by atoms with Gasteiger partial charge in [-0.3, -0.25) is 4.79 Å². The van der Waals surface area contributed by atoms with E-state index in [-0.39, 0.29) is 11.9 Å². The van der Waals surface area contributed by atoms with Crippen LogP contribution in [0.3, 0.4) is 0 Å². The summed E-state index contributed by atoms with van der Waals surface area (Å²) in [5.74, 6) is 0.369. The fourth-order valence-electron chi connectivity index (χ4n) is 1.79. The van der Waals surface area contributed by atoms with Crippen LogP contribution in [0.15, 0.2) is 18.2 Å². The van der Waals surface area contributed by atoms with Gasteiger partial charge in [-0.2, -0.15) is 0 Å². The van der Waals surface area contributed by atoms with Crippen LogP contribution < -0.4 is 5.32 Å². The Hall–Kier alpha value is -1.02. The predicted molar refractivity (Wildman–Crippen MR) is 67.8 cm³/mol. The quantitative estimate of drug-likeness (QED) is 0.804. The number of hydrogen-bond acceptors (Lipinski definition) is 1. The maximum Gasteiger partial charge on any atom is 0.221 e. The lowest BCUT2D eigenvalue weighted by Gasteiger charge is -2.16. The van der Waals surface area contributed by atoms with E-state index in [0.29, 0.717) is 12.3 Å². The van der Waals surface area contributed by atoms with Gasteiger partial charge in [-0.15, -0.1) is 11.6 Å². The summed E-state index contributed by atoms with van der Waals surface area (Å²) in [6.07, 6.45) is 0.372. The van der Waals surface area contributed by atoms with Crippen molar-refractivity contribution in [1.29, 1.82) is 0 Å². The fraction of sp³-hybridized carbons (Fsp3) is 0.462. The molecule has 0 saturated carbocycles. The molecule has 1 unspecified atom stereocenters. The topological polar surface area (TPSA) is 29.1 Å². The van der Waals surface area contributed by atoms with Gasteiger partial charge in [0.05, 0.1) is 6.04 Å². The highest BCUT2D eigenvalue weighted by Crippen LogP contribution is 2.18. The van der Waals surface area contributed by atoms with E-state index in [0.717, 1.165) is 5.56 Å². The first-order chi connectivity index (χ1) is 7.54. The Morgan fingerprint density at radius 1 is 1.44 bits per heavy atom. The number of rotatable bonds is 4. The maximum atomic E-state index is 11.4. The van der Waals surface area contributed by atoms with Gasteiger partial charge in [0.1, 0.15) is 0 Å². The van der Waals surface area contributed by atoms with Gasteiger partial charge in [-0.1, -0.05) is 23.8 Å². The van der Waals surface area contributed by atoms with Crippen LogP contribution in [0.4, 0.5) is 0 Å². The van der Waals surface area contributed by atoms with Crippen LogP contribution in [0, 0.1) is 13.8 Å². The van der Waals surface area contributed by atoms with Crippen molar-refractivity contribution in [3.8, 4) is 0 Å². The Morgan fingerprint density at radius 3 is 2.69 bits per heavy atom. The second-order valence-corrected chi connectivity index (χ2v) is 4.47. The highest BCUT2D eigenvalue weighted by molar-refractivity contribution is 6.18. The molecule has 0 bridgehead atoms. The minimum atomic E-state index is 0.00229. The molecule has 0 spiro atoms. The van der Waals surface area contributed by atoms with Crippen molar-refractivity contribution in [1.82, 2.24) is 5.32 Å². The molecule has 0 heterocycles. The normalized spacial score (nSPS) is 12.2. The molecule has 0 aromatic heterocycles. The Bertz CT molecular complexity index is 376. The van der Waals surface area contributed by atoms with E-state index in [4.69, 9.17) is 11.6 Å². The number of hydrogen-bond donors (Lipinski definition) is 1. The maximum absolute atomic E-state index is 11.4. The summed E-state index contributed by atoms with van der Waals surface area (Å²) in [6.45, 7) is 6.11. The molecule has 0 aliphatic carbocycles. The van der Waals surface area contributed by atoms with Crippen molar-refractivity contribution in [3.05, 3.63) is 34.9 Å². The third kappa shape index (κ3) is 3.53. The number of carbonyl (C=O) groups excluding carboxylic acids is 1. The van der Waals surface area contributed by atoms with Crippen LogP contribution in [-0.2, 0) is 4.79 Å². The molecule has 0 fully saturated rings. The molecule has 3 heteroatoms. The van der Waals surface area contributed by atoms with Gasteiger partial charge < -0.3 is 5.32 Å². The molecule has 1 aromatic carbocycles. The largest absolute Gasteiger partial charge is 0.350 e. The second-order valence-electron chi connectivity index (χ2n) is 4.09. The number of benzene rings is 1. The molecular weight excluding hydrogens is 222 g/mol. The molecule has 1 atom stereocenters. The van der Waals surface area contributed by atoms with E-state index in [2.05, 4.69) is 37.4 Å². The fourth-order valence-corrected chi connectivity index (χ4v) is 1.96. The Balaban J connectivity index is 2.72. The third-order valence-electron chi connectivity index (χ3n) is 2.59. The third-order valence-corrected chi connectivity index (χ3v) is 2.78. The number of carbonyl (C=O) groups is 1. The SMILES string of the molecule is Cc1ccc(C(C)NC(=O)CCCl)c(C)c1. The number of amides is 1. The monoisotopic (exact) mass is 239 g/mol. The molecule has 1 aromatic rings. The van der Waals surface area contributed by atoms with Crippen molar-refractivity contribution < 1.29 is 4.79 Å². The zero-order chi connectivity index (χ0) is 12.1. The first-order valence-corrected chi connectivity index (χ1v) is 6.00. The van der Waals surface area contributed by atoms with E-state index in [9.17, 15) is 4.79 Å². The van der Waals surface area contributed by atoms with Crippen LogP contribution in [0.1, 0.15) is 36.1 Å². The van der Waals surface area contributed by atoms with Gasteiger partial charge in [-0.05, 0) is 31.9 Å². The predicted octanol–water partition coefficient (Wildman–Crippen LogP) is 3.11. The van der Waals surface area contributed by atoms with Crippen LogP contribution in [0.5, 0.6) is 0 Å². The molecule has 0 saturated heterocycles. The van der Waals surface area contributed by atoms with Crippen molar-refractivity contribution >= 4 is 17.5 Å². The standard InChI is InChI=1S/C13H18ClNO/c1-9-4-5-12(10(2)8-9)11(3)15-13(16)6-7-14/h4-5,8,11H,6-7H2,1-3H3,(H,15,16). The summed E-state index contributed by atoms with van der Waals surface area (Å²) in [5.41, 5.74) is 3.60. The molecule has 0 radical (unpaired) electrons. The van der Waals surface area contributed by atoms with Crippen LogP contribution in [-0.4, -0.2) is 11.8 Å². The molecular formula is C13H18ClNO. The Labute approximate surface area is 102 Å². The molecule has 1 N–H and O–H groups in total. The van der Waals surface area contributed by atoms with Gasteiger partial charge in [-0.25, -0.2) is 0 Å². The summed E-state index contributed by atoms with van der Waals surface area (Å²) in [4.78, 5) is 11.4. The summed E-state index contributed by atoms with van der Waals surface area (Å²) in [7, 11) is 0. The lowest BCUT2D eigenvalue weighted by atomic mass is 10.0. The smallest absolute Gasteiger partial charge is 0.221 e. The average molecular weight is 240 g/mol. The highest BCUT2D eigenvalue weighted by Gasteiger charge is 2.10. The number of halogens is 1. The van der Waals surface area contributed by atoms with Crippen LogP contribution >= 0.6 is 11.6 Å². The molecule has 0 aliphatic rings. The number of aryl methyl sites for hydroxylation is 2. The highest BCUT2D eigenvalue weighted by atomic mass is 35.5. The van der Waals surface area contributed by atoms with Gasteiger partial charge in [0.15, 0.2) is 0 Å². The minimum Gasteiger partial charge on any atom is -0.350 e. The van der Waals surface area contributed by atoms with Gasteiger partial charge in [0.25, 0.3) is 0 Å². The summed E-state index contributed by atoms with van der Waals surface area (Å²) in [5, 5.41) is 2.93. The van der Waals surface area contributed by atoms with Gasteiger partial charge in [0.2, 0.25) is 5.91 Å². The Kier molecular flexibility index (Phi) is 4.81. The lowest BCUT2D eigenvalue weighted by molar-refractivity contribution is -0.121. The van der Waals surface area contributed by atoms with E-state index in [1.54, 1.807) is 0 Å². The van der Waals surface area contributed by atoms with E-state index >= 15 is 0 Å². The molecule has 2 nitrogen and oxygen atoms in total. The van der Waals surface area contributed by atoms with Crippen LogP contribution in [0.2, 0.25) is 0 Å². The lowest BCUT2D eigenvalue weighted by Crippen LogP contribution is -2.27. The first kappa shape index (κ1) is 13.0. The second kappa shape index (κ2) is 5.90. The van der Waals surface area contributed by atoms with Crippen molar-refractivity contribution in [2.24, 2.45) is 0 Å². The summed E-state index contributed by atoms with van der Waals surface area (Å²) in [6, 6.07) is 6.29. The first-order valence-electron chi connectivity index (χ1n) is 5.47. The summed E-state index contributed by atoms with van der Waals surface area (Å²) < 4.78 is 0. The van der Waals surface area contributed by atoms with Gasteiger partial charge in [0, 0.05) is 12.3 Å². The number of alkyl halides is 1. The average Bonchev–Trinajstić information content (AvgIpc) is 2.17. The number of nitrogens with one attached hydrogen (secondary N) is 1. The molecule has 16 heavy (non-hydrogen) atoms. The zero-order valence-corrected chi connectivity index (χ0v) is 10.8. The van der Waals surface area contributed by atoms with E-state index in [1.165, 1.54) is 11.1 Å². The van der Waals surface area contributed by atoms with Crippen molar-refractivity contribution in [3.63, 3.8) is 0 Å². The molecule has 1 amide bonds. The van der Waals surface area contributed by atoms with Crippen LogP contribution in [0.25, 0.3) is 0 Å². The zero-order valence-electron chi connectivity index (χ0n) is 10.0.